The number of carbonyl (C=O) groups is 1. The van der Waals surface area contributed by atoms with Gasteiger partial charge in [0.1, 0.15) is 11.7 Å². The zero-order valence-electron chi connectivity index (χ0n) is 9.46. The lowest BCUT2D eigenvalue weighted by molar-refractivity contribution is -0.219. The van der Waals surface area contributed by atoms with Gasteiger partial charge in [-0.1, -0.05) is 13.8 Å². The van der Waals surface area contributed by atoms with Gasteiger partial charge in [0.25, 0.3) is 0 Å². The van der Waals surface area contributed by atoms with Gasteiger partial charge in [-0.05, 0) is 26.7 Å². The van der Waals surface area contributed by atoms with Gasteiger partial charge in [-0.3, -0.25) is 9.63 Å². The maximum absolute atomic E-state index is 11.7. The van der Waals surface area contributed by atoms with Gasteiger partial charge in [-0.15, -0.1) is 0 Å². The zero-order valence-corrected chi connectivity index (χ0v) is 9.46. The van der Waals surface area contributed by atoms with Gasteiger partial charge < -0.3 is 5.32 Å². The molecule has 2 unspecified atom stereocenters. The summed E-state index contributed by atoms with van der Waals surface area (Å²) in [7, 11) is 0. The van der Waals surface area contributed by atoms with E-state index in [-0.39, 0.29) is 12.1 Å². The molecule has 1 aliphatic rings. The summed E-state index contributed by atoms with van der Waals surface area (Å²) in [6.07, 6.45) is 1.64. The van der Waals surface area contributed by atoms with Crippen molar-refractivity contribution in [3.05, 3.63) is 0 Å². The molecule has 1 N–H and O–H groups in total. The van der Waals surface area contributed by atoms with Crippen molar-refractivity contribution in [3.63, 3.8) is 0 Å². The van der Waals surface area contributed by atoms with Gasteiger partial charge in [-0.2, -0.15) is 5.06 Å². The Morgan fingerprint density at radius 2 is 2.14 bits per heavy atom. The topological polar surface area (TPSA) is 41.6 Å². The van der Waals surface area contributed by atoms with Gasteiger partial charge in [-0.25, -0.2) is 0 Å². The van der Waals surface area contributed by atoms with E-state index in [0.717, 1.165) is 12.8 Å². The summed E-state index contributed by atoms with van der Waals surface area (Å²) in [6, 6.07) is 0. The van der Waals surface area contributed by atoms with Gasteiger partial charge >= 0.3 is 0 Å². The average Bonchev–Trinajstić information content (AvgIpc) is 2.43. The van der Waals surface area contributed by atoms with Crippen molar-refractivity contribution < 1.29 is 9.63 Å². The summed E-state index contributed by atoms with van der Waals surface area (Å²) in [6.45, 7) is 8.50. The number of amides is 1. The fourth-order valence-corrected chi connectivity index (χ4v) is 1.77. The third-order valence-electron chi connectivity index (χ3n) is 2.90. The molecule has 1 aliphatic heterocycles. The molecule has 1 fully saturated rings. The number of carbonyl (C=O) groups excluding carboxylic acids is 1. The third-order valence-corrected chi connectivity index (χ3v) is 2.90. The van der Waals surface area contributed by atoms with Crippen LogP contribution in [-0.2, 0) is 9.63 Å². The van der Waals surface area contributed by atoms with Crippen LogP contribution in [0.25, 0.3) is 0 Å². The highest BCUT2D eigenvalue weighted by Gasteiger charge is 2.48. The van der Waals surface area contributed by atoms with Gasteiger partial charge in [0, 0.05) is 0 Å². The zero-order chi connectivity index (χ0) is 10.8. The largest absolute Gasteiger partial charge is 0.337 e. The fraction of sp³-hybridized carbons (Fsp3) is 0.900. The lowest BCUT2D eigenvalue weighted by atomic mass is 9.99. The first-order valence-corrected chi connectivity index (χ1v) is 5.33. The molecule has 0 radical (unpaired) electrons. The summed E-state index contributed by atoms with van der Waals surface area (Å²) in [5, 5.41) is 4.76. The number of rotatable bonds is 4. The van der Waals surface area contributed by atoms with Crippen LogP contribution in [0.15, 0.2) is 0 Å². The van der Waals surface area contributed by atoms with E-state index in [1.165, 1.54) is 0 Å². The molecule has 4 nitrogen and oxygen atoms in total. The number of hydroxylamine groups is 2. The molecule has 1 saturated heterocycles. The first-order chi connectivity index (χ1) is 6.60. The van der Waals surface area contributed by atoms with Crippen LogP contribution < -0.4 is 5.32 Å². The fourth-order valence-electron chi connectivity index (χ4n) is 1.77. The Morgan fingerprint density at radius 1 is 1.50 bits per heavy atom. The molecule has 82 valence electrons. The van der Waals surface area contributed by atoms with Crippen molar-refractivity contribution in [3.8, 4) is 0 Å². The maximum atomic E-state index is 11.7. The lowest BCUT2D eigenvalue weighted by Crippen LogP contribution is -2.47. The molecule has 14 heavy (non-hydrogen) atoms. The molecule has 0 saturated carbocycles. The van der Waals surface area contributed by atoms with Gasteiger partial charge in [0.2, 0.25) is 5.91 Å². The average molecular weight is 200 g/mol. The predicted octanol–water partition coefficient (Wildman–Crippen LogP) is 1.27. The lowest BCUT2D eigenvalue weighted by Gasteiger charge is -2.32. The van der Waals surface area contributed by atoms with Crippen LogP contribution in [0.3, 0.4) is 0 Å². The Balaban J connectivity index is 2.86. The smallest absolute Gasteiger partial charge is 0.243 e. The van der Waals surface area contributed by atoms with Crippen molar-refractivity contribution in [2.75, 3.05) is 6.61 Å². The molecule has 4 heteroatoms. The minimum atomic E-state index is -0.503. The van der Waals surface area contributed by atoms with E-state index in [9.17, 15) is 4.79 Å². The van der Waals surface area contributed by atoms with E-state index < -0.39 is 5.54 Å². The highest BCUT2D eigenvalue weighted by atomic mass is 16.7. The highest BCUT2D eigenvalue weighted by molar-refractivity contribution is 5.87. The van der Waals surface area contributed by atoms with Crippen molar-refractivity contribution in [1.29, 1.82) is 0 Å². The molecule has 1 rings (SSSR count). The SMILES string of the molecule is CCON1C(CC)NC(=O)C1(C)CC. The van der Waals surface area contributed by atoms with Gasteiger partial charge in [0.05, 0.1) is 6.61 Å². The minimum Gasteiger partial charge on any atom is -0.337 e. The first-order valence-electron chi connectivity index (χ1n) is 5.33. The van der Waals surface area contributed by atoms with Crippen LogP contribution >= 0.6 is 0 Å². The van der Waals surface area contributed by atoms with Crippen LogP contribution in [0.5, 0.6) is 0 Å². The molecular weight excluding hydrogens is 180 g/mol. The molecular formula is C10H20N2O2. The highest BCUT2D eigenvalue weighted by Crippen LogP contribution is 2.28. The second-order valence-electron chi connectivity index (χ2n) is 3.77. The normalized spacial score (nSPS) is 33.4. The van der Waals surface area contributed by atoms with Crippen molar-refractivity contribution in [1.82, 2.24) is 10.4 Å². The van der Waals surface area contributed by atoms with Crippen molar-refractivity contribution in [2.24, 2.45) is 0 Å². The second-order valence-corrected chi connectivity index (χ2v) is 3.77. The summed E-state index contributed by atoms with van der Waals surface area (Å²) >= 11 is 0. The molecule has 0 aromatic heterocycles. The Hall–Kier alpha value is -0.610. The first kappa shape index (κ1) is 11.5. The Morgan fingerprint density at radius 3 is 2.57 bits per heavy atom. The molecule has 0 spiro atoms. The van der Waals surface area contributed by atoms with Crippen LogP contribution in [0.4, 0.5) is 0 Å². The Labute approximate surface area is 85.6 Å². The van der Waals surface area contributed by atoms with E-state index in [4.69, 9.17) is 4.84 Å². The minimum absolute atomic E-state index is 0.0207. The maximum Gasteiger partial charge on any atom is 0.243 e. The van der Waals surface area contributed by atoms with Crippen LogP contribution in [0, 0.1) is 0 Å². The molecule has 0 aliphatic carbocycles. The monoisotopic (exact) mass is 200 g/mol. The van der Waals surface area contributed by atoms with Gasteiger partial charge in [0.15, 0.2) is 0 Å². The number of hydrogen-bond donors (Lipinski definition) is 1. The standard InChI is InChI=1S/C10H20N2O2/c1-5-8-11-9(13)10(4,6-2)12(8)14-7-3/h8H,5-7H2,1-4H3,(H,11,13). The Bertz CT molecular complexity index is 220. The summed E-state index contributed by atoms with van der Waals surface area (Å²) in [4.78, 5) is 17.3. The second kappa shape index (κ2) is 4.28. The number of nitrogens with one attached hydrogen (secondary N) is 1. The molecule has 1 amide bonds. The third kappa shape index (κ3) is 1.64. The Kier molecular flexibility index (Phi) is 3.50. The van der Waals surface area contributed by atoms with E-state index in [2.05, 4.69) is 5.32 Å². The molecule has 0 aromatic rings. The van der Waals surface area contributed by atoms with Crippen molar-refractivity contribution in [2.45, 2.75) is 52.2 Å². The molecule has 0 aromatic carbocycles. The molecule has 0 bridgehead atoms. The van der Waals surface area contributed by atoms with E-state index >= 15 is 0 Å². The quantitative estimate of drug-likeness (QED) is 0.743. The van der Waals surface area contributed by atoms with Crippen LogP contribution in [0.2, 0.25) is 0 Å². The number of nitrogens with zero attached hydrogens (tertiary/aromatic N) is 1. The molecule has 2 atom stereocenters. The summed E-state index contributed by atoms with van der Waals surface area (Å²) in [5.41, 5.74) is -0.503. The number of hydrogen-bond acceptors (Lipinski definition) is 3. The predicted molar refractivity (Wildman–Crippen MR) is 54.4 cm³/mol. The van der Waals surface area contributed by atoms with E-state index in [1.54, 1.807) is 0 Å². The van der Waals surface area contributed by atoms with E-state index in [0.29, 0.717) is 6.61 Å². The van der Waals surface area contributed by atoms with E-state index in [1.807, 2.05) is 32.8 Å². The van der Waals surface area contributed by atoms with Crippen molar-refractivity contribution >= 4 is 5.91 Å². The molecule has 1 heterocycles. The summed E-state index contributed by atoms with van der Waals surface area (Å²) < 4.78 is 0. The van der Waals surface area contributed by atoms with Crippen LogP contribution in [0.1, 0.15) is 40.5 Å². The summed E-state index contributed by atoms with van der Waals surface area (Å²) in [5.74, 6) is 0.0697. The van der Waals surface area contributed by atoms with Crippen LogP contribution in [-0.4, -0.2) is 29.3 Å².